The average Bonchev–Trinajstić information content (AvgIpc) is 2.14. The Balaban J connectivity index is 3.39. The Bertz CT molecular complexity index is 485. The lowest BCUT2D eigenvalue weighted by atomic mass is 10.3. The fourth-order valence-electron chi connectivity index (χ4n) is 1.50. The highest BCUT2D eigenvalue weighted by molar-refractivity contribution is 7.93. The van der Waals surface area contributed by atoms with Crippen molar-refractivity contribution in [2.24, 2.45) is 4.03 Å². The first-order valence-electron chi connectivity index (χ1n) is 5.12. The van der Waals surface area contributed by atoms with E-state index in [9.17, 15) is 4.21 Å². The molecule has 0 spiro atoms. The van der Waals surface area contributed by atoms with E-state index in [1.54, 1.807) is 13.4 Å². The van der Waals surface area contributed by atoms with Gasteiger partial charge in [-0.2, -0.15) is 0 Å². The van der Waals surface area contributed by atoms with E-state index in [4.69, 9.17) is 4.74 Å². The lowest BCUT2D eigenvalue weighted by Crippen LogP contribution is -2.19. The molecule has 0 aliphatic carbocycles. The fourth-order valence-corrected chi connectivity index (χ4v) is 6.93. The first kappa shape index (κ1) is 13.3. The minimum absolute atomic E-state index is 0.650. The zero-order chi connectivity index (χ0) is 12.4. The number of benzene rings is 1. The van der Waals surface area contributed by atoms with Gasteiger partial charge >= 0.3 is 0 Å². The van der Waals surface area contributed by atoms with Gasteiger partial charge in [-0.1, -0.05) is 12.1 Å². The summed E-state index contributed by atoms with van der Waals surface area (Å²) >= 11 is 0. The summed E-state index contributed by atoms with van der Waals surface area (Å²) in [6.07, 6.45) is 1.68. The van der Waals surface area contributed by atoms with E-state index in [0.29, 0.717) is 10.6 Å². The number of nitrogens with zero attached hydrogens (tertiary/aromatic N) is 1. The highest BCUT2D eigenvalue weighted by Crippen LogP contribution is 2.25. The van der Waals surface area contributed by atoms with Crippen molar-refractivity contribution < 1.29 is 8.95 Å². The molecule has 1 aromatic carbocycles. The molecule has 1 aromatic rings. The first-order chi connectivity index (χ1) is 7.26. The van der Waals surface area contributed by atoms with Gasteiger partial charge in [-0.05, 0) is 31.8 Å². The Morgan fingerprint density at radius 1 is 1.25 bits per heavy atom. The molecule has 90 valence electrons. The Labute approximate surface area is 99.1 Å². The third-order valence-corrected chi connectivity index (χ3v) is 6.66. The number of methoxy groups -OCH3 is 1. The molecule has 0 saturated heterocycles. The van der Waals surface area contributed by atoms with Gasteiger partial charge in [0.1, 0.15) is 5.75 Å². The first-order valence-corrected chi connectivity index (χ1v) is 10.5. The lowest BCUT2D eigenvalue weighted by Gasteiger charge is -2.15. The topological polar surface area (TPSA) is 38.7 Å². The summed E-state index contributed by atoms with van der Waals surface area (Å²) in [7, 11) is -2.48. The molecule has 5 heteroatoms. The number of hydrogen-bond donors (Lipinski definition) is 0. The molecule has 1 unspecified atom stereocenters. The molecule has 16 heavy (non-hydrogen) atoms. The van der Waals surface area contributed by atoms with Crippen LogP contribution >= 0.6 is 0 Å². The zero-order valence-electron chi connectivity index (χ0n) is 10.5. The quantitative estimate of drug-likeness (QED) is 0.781. The molecule has 0 aliphatic heterocycles. The second-order valence-electron chi connectivity index (χ2n) is 4.72. The summed E-state index contributed by atoms with van der Waals surface area (Å²) in [5, 5.41) is 0. The van der Waals surface area contributed by atoms with E-state index in [2.05, 4.69) is 23.7 Å². The summed E-state index contributed by atoms with van der Waals surface area (Å²) in [6, 6.07) is 7.37. The van der Waals surface area contributed by atoms with Crippen LogP contribution in [0.3, 0.4) is 0 Å². The van der Waals surface area contributed by atoms with Gasteiger partial charge in [-0.3, -0.25) is 4.03 Å². The molecule has 1 rings (SSSR count). The van der Waals surface area contributed by atoms with Crippen molar-refractivity contribution in [3.05, 3.63) is 24.3 Å². The highest BCUT2D eigenvalue weighted by atomic mass is 32.2. The molecule has 0 aromatic heterocycles. The normalized spacial score (nSPS) is 15.3. The summed E-state index contributed by atoms with van der Waals surface area (Å²) in [5.41, 5.74) is 0. The maximum absolute atomic E-state index is 12.6. The Morgan fingerprint density at radius 3 is 2.31 bits per heavy atom. The molecule has 0 fully saturated rings. The zero-order valence-corrected chi connectivity index (χ0v) is 12.3. The predicted octanol–water partition coefficient (Wildman–Crippen LogP) is 2.99. The minimum Gasteiger partial charge on any atom is -0.495 e. The van der Waals surface area contributed by atoms with Gasteiger partial charge in [-0.15, -0.1) is 0 Å². The molecular weight excluding hydrogens is 238 g/mol. The molecule has 3 nitrogen and oxygen atoms in total. The van der Waals surface area contributed by atoms with Crippen molar-refractivity contribution >= 4 is 18.0 Å². The number of hydrogen-bond acceptors (Lipinski definition) is 3. The van der Waals surface area contributed by atoms with Crippen molar-refractivity contribution in [1.82, 2.24) is 0 Å². The number of para-hydroxylation sites is 1. The summed E-state index contributed by atoms with van der Waals surface area (Å²) in [4.78, 5) is 0.694. The van der Waals surface area contributed by atoms with Gasteiger partial charge < -0.3 is 4.74 Å². The van der Waals surface area contributed by atoms with Crippen LogP contribution in [-0.4, -0.2) is 25.8 Å². The Kier molecular flexibility index (Phi) is 3.80. The predicted molar refractivity (Wildman–Crippen MR) is 71.1 cm³/mol. The Hall–Kier alpha value is -0.813. The maximum atomic E-state index is 12.6. The smallest absolute Gasteiger partial charge is 0.185 e. The van der Waals surface area contributed by atoms with Gasteiger partial charge in [0.15, 0.2) is 8.24 Å². The van der Waals surface area contributed by atoms with Crippen LogP contribution in [0.2, 0.25) is 19.6 Å². The van der Waals surface area contributed by atoms with Crippen LogP contribution < -0.4 is 4.74 Å². The van der Waals surface area contributed by atoms with Gasteiger partial charge in [0.2, 0.25) is 0 Å². The summed E-state index contributed by atoms with van der Waals surface area (Å²) in [6.45, 7) is 6.22. The largest absolute Gasteiger partial charge is 0.495 e. The molecule has 0 heterocycles. The SMILES string of the molecule is COc1ccccc1S(C)(=O)=N[Si](C)(C)C. The van der Waals surface area contributed by atoms with E-state index in [1.165, 1.54) is 0 Å². The minimum atomic E-state index is -2.35. The number of ether oxygens (including phenoxy) is 1. The third-order valence-electron chi connectivity index (χ3n) is 1.93. The van der Waals surface area contributed by atoms with Crippen LogP contribution in [0.15, 0.2) is 33.2 Å². The summed E-state index contributed by atoms with van der Waals surface area (Å²) in [5.74, 6) is 0.650. The molecule has 0 aliphatic rings. The molecule has 0 saturated carbocycles. The third kappa shape index (κ3) is 3.35. The molecule has 1 atom stereocenters. The van der Waals surface area contributed by atoms with Crippen LogP contribution in [-0.2, 0) is 9.73 Å². The van der Waals surface area contributed by atoms with E-state index < -0.39 is 18.0 Å². The van der Waals surface area contributed by atoms with Crippen LogP contribution in [0.25, 0.3) is 0 Å². The van der Waals surface area contributed by atoms with Crippen LogP contribution in [0, 0.1) is 0 Å². The molecule has 0 N–H and O–H groups in total. The van der Waals surface area contributed by atoms with Gasteiger partial charge in [0, 0.05) is 6.26 Å². The number of rotatable bonds is 3. The molecule has 0 bridgehead atoms. The van der Waals surface area contributed by atoms with Gasteiger partial charge in [-0.25, -0.2) is 4.21 Å². The molecule has 0 amide bonds. The molecule has 0 radical (unpaired) electrons. The fraction of sp³-hybridized carbons (Fsp3) is 0.455. The van der Waals surface area contributed by atoms with E-state index in [0.717, 1.165) is 0 Å². The van der Waals surface area contributed by atoms with Gasteiger partial charge in [0.05, 0.1) is 21.7 Å². The van der Waals surface area contributed by atoms with Crippen molar-refractivity contribution in [3.8, 4) is 5.75 Å². The van der Waals surface area contributed by atoms with Crippen LogP contribution in [0.5, 0.6) is 5.75 Å². The average molecular weight is 257 g/mol. The standard InChI is InChI=1S/C11H19NO2SSi/c1-14-10-8-6-7-9-11(10)15(2,13)12-16(3,4)5/h6-9H,1-5H3. The van der Waals surface area contributed by atoms with E-state index in [1.807, 2.05) is 24.3 Å². The second kappa shape index (κ2) is 4.59. The Morgan fingerprint density at radius 2 is 1.81 bits per heavy atom. The van der Waals surface area contributed by atoms with Crippen molar-refractivity contribution in [3.63, 3.8) is 0 Å². The van der Waals surface area contributed by atoms with Crippen molar-refractivity contribution in [1.29, 1.82) is 0 Å². The lowest BCUT2D eigenvalue weighted by molar-refractivity contribution is 0.404. The monoisotopic (exact) mass is 257 g/mol. The van der Waals surface area contributed by atoms with Crippen molar-refractivity contribution in [2.75, 3.05) is 13.4 Å². The summed E-state index contributed by atoms with van der Waals surface area (Å²) < 4.78 is 22.3. The molecular formula is C11H19NO2SSi. The van der Waals surface area contributed by atoms with Gasteiger partial charge in [0.25, 0.3) is 0 Å². The van der Waals surface area contributed by atoms with E-state index in [-0.39, 0.29) is 0 Å². The van der Waals surface area contributed by atoms with E-state index >= 15 is 0 Å². The van der Waals surface area contributed by atoms with Crippen molar-refractivity contribution in [2.45, 2.75) is 24.5 Å². The maximum Gasteiger partial charge on any atom is 0.185 e. The highest BCUT2D eigenvalue weighted by Gasteiger charge is 2.18. The second-order valence-corrected chi connectivity index (χ2v) is 11.8. The van der Waals surface area contributed by atoms with Crippen LogP contribution in [0.4, 0.5) is 0 Å². The van der Waals surface area contributed by atoms with Crippen LogP contribution in [0.1, 0.15) is 0 Å².